The molecule has 3 fully saturated rings. The van der Waals surface area contributed by atoms with Gasteiger partial charge in [-0.3, -0.25) is 19.2 Å². The van der Waals surface area contributed by atoms with Gasteiger partial charge in [0.25, 0.3) is 0 Å². The van der Waals surface area contributed by atoms with Crippen LogP contribution in [-0.2, 0) is 19.2 Å². The van der Waals surface area contributed by atoms with Crippen LogP contribution in [0.1, 0.15) is 52.4 Å². The zero-order valence-electron chi connectivity index (χ0n) is 12.2. The smallest absolute Gasteiger partial charge is 0.146 e. The van der Waals surface area contributed by atoms with Gasteiger partial charge in [0.15, 0.2) is 0 Å². The third-order valence-electron chi connectivity index (χ3n) is 4.90. The van der Waals surface area contributed by atoms with Crippen LogP contribution >= 0.6 is 0 Å². The van der Waals surface area contributed by atoms with Crippen molar-refractivity contribution < 1.29 is 19.2 Å². The van der Waals surface area contributed by atoms with Gasteiger partial charge >= 0.3 is 0 Å². The van der Waals surface area contributed by atoms with Crippen molar-refractivity contribution in [3.05, 3.63) is 0 Å². The molecule has 0 N–H and O–H groups in total. The normalized spacial score (nSPS) is 34.0. The molecule has 20 heavy (non-hydrogen) atoms. The average Bonchev–Trinajstić information content (AvgIpc) is 2.88. The highest BCUT2D eigenvalue weighted by Gasteiger charge is 2.44. The Morgan fingerprint density at radius 2 is 1.20 bits per heavy atom. The van der Waals surface area contributed by atoms with Crippen molar-refractivity contribution in [2.75, 3.05) is 0 Å². The molecular formula is C16H22O4. The van der Waals surface area contributed by atoms with Gasteiger partial charge in [0, 0.05) is 24.7 Å². The van der Waals surface area contributed by atoms with E-state index in [2.05, 4.69) is 0 Å². The van der Waals surface area contributed by atoms with Crippen molar-refractivity contribution in [1.82, 2.24) is 0 Å². The summed E-state index contributed by atoms with van der Waals surface area (Å²) in [6.07, 6.45) is 4.74. The minimum Gasteiger partial charge on any atom is -0.299 e. The molecule has 0 aromatic heterocycles. The monoisotopic (exact) mass is 278 g/mol. The first-order valence-corrected chi connectivity index (χ1v) is 7.54. The minimum atomic E-state index is -0.307. The van der Waals surface area contributed by atoms with Crippen LogP contribution in [0.25, 0.3) is 0 Å². The van der Waals surface area contributed by atoms with E-state index in [0.29, 0.717) is 12.8 Å². The van der Waals surface area contributed by atoms with Crippen molar-refractivity contribution in [3.8, 4) is 0 Å². The van der Waals surface area contributed by atoms with Gasteiger partial charge in [0.05, 0.1) is 11.8 Å². The zero-order valence-corrected chi connectivity index (χ0v) is 12.2. The van der Waals surface area contributed by atoms with E-state index in [4.69, 9.17) is 0 Å². The molecule has 2 unspecified atom stereocenters. The molecule has 0 aromatic carbocycles. The Bertz CT molecular complexity index is 413. The van der Waals surface area contributed by atoms with Crippen LogP contribution in [0, 0.1) is 23.7 Å². The third kappa shape index (κ3) is 2.89. The van der Waals surface area contributed by atoms with E-state index in [1.807, 2.05) is 0 Å². The second-order valence-corrected chi connectivity index (χ2v) is 6.24. The van der Waals surface area contributed by atoms with Crippen LogP contribution in [0.4, 0.5) is 0 Å². The molecule has 0 heterocycles. The summed E-state index contributed by atoms with van der Waals surface area (Å²) in [6, 6.07) is 0. The van der Waals surface area contributed by atoms with Crippen molar-refractivity contribution in [1.29, 1.82) is 0 Å². The predicted octanol–water partition coefficient (Wildman–Crippen LogP) is 2.14. The van der Waals surface area contributed by atoms with Crippen LogP contribution in [0.3, 0.4) is 0 Å². The molecule has 110 valence electrons. The van der Waals surface area contributed by atoms with Crippen LogP contribution in [-0.4, -0.2) is 23.1 Å². The summed E-state index contributed by atoms with van der Waals surface area (Å²) < 4.78 is 0. The summed E-state index contributed by atoms with van der Waals surface area (Å²) in [7, 11) is 0. The number of hydrogen-bond donors (Lipinski definition) is 0. The molecule has 3 rings (SSSR count). The molecule has 3 aliphatic carbocycles. The number of ketones is 4. The maximum atomic E-state index is 11.4. The molecule has 4 heteroatoms. The molecule has 4 nitrogen and oxygen atoms in total. The molecule has 3 aliphatic rings. The summed E-state index contributed by atoms with van der Waals surface area (Å²) in [6.45, 7) is 3.46. The minimum absolute atomic E-state index is 0.117. The quantitative estimate of drug-likeness (QED) is 0.637. The number of Topliss-reactive ketones (excluding diaryl/α,β-unsaturated/α-hetero) is 4. The number of hydrogen-bond acceptors (Lipinski definition) is 4. The lowest BCUT2D eigenvalue weighted by atomic mass is 9.80. The van der Waals surface area contributed by atoms with Gasteiger partial charge in [-0.15, -0.1) is 0 Å². The third-order valence-corrected chi connectivity index (χ3v) is 4.90. The topological polar surface area (TPSA) is 68.3 Å². The lowest BCUT2D eigenvalue weighted by Crippen LogP contribution is -2.34. The summed E-state index contributed by atoms with van der Waals surface area (Å²) in [5.41, 5.74) is 0. The summed E-state index contributed by atoms with van der Waals surface area (Å²) in [5, 5.41) is 0. The fourth-order valence-electron chi connectivity index (χ4n) is 3.40. The average molecular weight is 278 g/mol. The van der Waals surface area contributed by atoms with Gasteiger partial charge in [-0.25, -0.2) is 0 Å². The molecule has 0 saturated heterocycles. The Morgan fingerprint density at radius 1 is 0.750 bits per heavy atom. The molecule has 0 radical (unpaired) electrons. The van der Waals surface area contributed by atoms with Gasteiger partial charge in [0.2, 0.25) is 0 Å². The fourth-order valence-corrected chi connectivity index (χ4v) is 3.40. The maximum Gasteiger partial charge on any atom is 0.146 e. The summed E-state index contributed by atoms with van der Waals surface area (Å²) >= 11 is 0. The van der Waals surface area contributed by atoms with Gasteiger partial charge in [-0.05, 0) is 39.5 Å². The Labute approximate surface area is 119 Å². The Morgan fingerprint density at radius 3 is 1.60 bits per heavy atom. The zero-order chi connectivity index (χ0) is 14.9. The van der Waals surface area contributed by atoms with Crippen LogP contribution < -0.4 is 0 Å². The number of rotatable bonds is 0. The van der Waals surface area contributed by atoms with Crippen molar-refractivity contribution in [3.63, 3.8) is 0 Å². The van der Waals surface area contributed by atoms with E-state index < -0.39 is 0 Å². The molecule has 2 bridgehead atoms. The summed E-state index contributed by atoms with van der Waals surface area (Å²) in [4.78, 5) is 44.3. The van der Waals surface area contributed by atoms with E-state index in [-0.39, 0.29) is 46.8 Å². The van der Waals surface area contributed by atoms with E-state index in [1.54, 1.807) is 13.8 Å². The Balaban J connectivity index is 0.000000151. The first-order valence-electron chi connectivity index (χ1n) is 7.54. The second-order valence-electron chi connectivity index (χ2n) is 6.24. The molecule has 3 saturated carbocycles. The van der Waals surface area contributed by atoms with E-state index in [9.17, 15) is 19.2 Å². The van der Waals surface area contributed by atoms with Crippen molar-refractivity contribution >= 4 is 23.1 Å². The van der Waals surface area contributed by atoms with Gasteiger partial charge < -0.3 is 0 Å². The molecular weight excluding hydrogens is 256 g/mol. The lowest BCUT2D eigenvalue weighted by molar-refractivity contribution is -0.139. The van der Waals surface area contributed by atoms with Crippen LogP contribution in [0.2, 0.25) is 0 Å². The second kappa shape index (κ2) is 5.98. The highest BCUT2D eigenvalue weighted by Crippen LogP contribution is 2.39. The van der Waals surface area contributed by atoms with Gasteiger partial charge in [-0.2, -0.15) is 0 Å². The maximum absolute atomic E-state index is 11.4. The fraction of sp³-hybridized carbons (Fsp3) is 0.750. The van der Waals surface area contributed by atoms with Gasteiger partial charge in [0.1, 0.15) is 23.1 Å². The lowest BCUT2D eigenvalue weighted by Gasteiger charge is -2.21. The molecule has 0 aromatic rings. The molecule has 0 spiro atoms. The SMILES string of the molecule is CC1C(=O)C2CCC(C2)C1=O.CC1C(=O)CCCC1=O. The van der Waals surface area contributed by atoms with E-state index >= 15 is 0 Å². The first-order chi connectivity index (χ1) is 9.41. The summed E-state index contributed by atoms with van der Waals surface area (Å²) in [5.74, 6) is 0.491. The van der Waals surface area contributed by atoms with Crippen molar-refractivity contribution in [2.24, 2.45) is 23.7 Å². The predicted molar refractivity (Wildman–Crippen MR) is 73.0 cm³/mol. The van der Waals surface area contributed by atoms with E-state index in [0.717, 1.165) is 25.7 Å². The number of carbonyl (C=O) groups excluding carboxylic acids is 4. The molecule has 0 aliphatic heterocycles. The first kappa shape index (κ1) is 15.1. The molecule has 0 amide bonds. The molecule has 2 atom stereocenters. The van der Waals surface area contributed by atoms with Crippen LogP contribution in [0.5, 0.6) is 0 Å². The van der Waals surface area contributed by atoms with E-state index in [1.165, 1.54) is 0 Å². The Kier molecular flexibility index (Phi) is 4.51. The largest absolute Gasteiger partial charge is 0.299 e. The number of fused-ring (bicyclic) bond motifs is 2. The Hall–Kier alpha value is -1.32. The highest BCUT2D eigenvalue weighted by atomic mass is 16.2. The van der Waals surface area contributed by atoms with Crippen molar-refractivity contribution in [2.45, 2.75) is 52.4 Å². The van der Waals surface area contributed by atoms with Gasteiger partial charge in [-0.1, -0.05) is 0 Å². The highest BCUT2D eigenvalue weighted by molar-refractivity contribution is 6.07. The van der Waals surface area contributed by atoms with Crippen LogP contribution in [0.15, 0.2) is 0 Å². The standard InChI is InChI=1S/C9H12O2.C7H10O2/c1-5-8(10)6-2-3-7(4-6)9(5)11;1-5-6(8)3-2-4-7(5)9/h5-7H,2-4H2,1H3;5H,2-4H2,1H3. The number of carbonyl (C=O) groups is 4.